The van der Waals surface area contributed by atoms with Crippen molar-refractivity contribution in [1.29, 1.82) is 0 Å². The Kier molecular flexibility index (Phi) is 5.28. The van der Waals surface area contributed by atoms with Gasteiger partial charge < -0.3 is 0 Å². The molecule has 0 saturated heterocycles. The summed E-state index contributed by atoms with van der Waals surface area (Å²) >= 11 is 0. The van der Waals surface area contributed by atoms with E-state index in [0.717, 1.165) is 17.7 Å². The van der Waals surface area contributed by atoms with E-state index in [1.807, 2.05) is 50.3 Å². The van der Waals surface area contributed by atoms with E-state index in [4.69, 9.17) is 0 Å². The number of allylic oxidation sites excluding steroid dienone is 4. The van der Waals surface area contributed by atoms with Crippen LogP contribution in [0, 0.1) is 0 Å². The molecule has 0 spiro atoms. The van der Waals surface area contributed by atoms with Crippen LogP contribution in [0.5, 0.6) is 0 Å². The molecule has 0 amide bonds. The molecular formula is C21H20N2O2S. The van der Waals surface area contributed by atoms with Crippen LogP contribution in [0.15, 0.2) is 98.2 Å². The molecule has 2 aromatic carbocycles. The van der Waals surface area contributed by atoms with Gasteiger partial charge >= 0.3 is 0 Å². The molecule has 0 fully saturated rings. The Morgan fingerprint density at radius 3 is 2.19 bits per heavy atom. The summed E-state index contributed by atoms with van der Waals surface area (Å²) in [7, 11) is -3.85. The largest absolute Gasteiger partial charge is 0.284 e. The third-order valence-corrected chi connectivity index (χ3v) is 5.30. The van der Waals surface area contributed by atoms with Crippen LogP contribution in [-0.4, -0.2) is 20.0 Å². The average Bonchev–Trinajstić information content (AvgIpc) is 2.65. The van der Waals surface area contributed by atoms with Gasteiger partial charge in [0.1, 0.15) is 0 Å². The van der Waals surface area contributed by atoms with Crippen molar-refractivity contribution in [2.45, 2.75) is 25.2 Å². The first-order valence-corrected chi connectivity index (χ1v) is 9.78. The zero-order valence-electron chi connectivity index (χ0n) is 14.8. The van der Waals surface area contributed by atoms with E-state index in [2.05, 4.69) is 15.5 Å². The summed E-state index contributed by atoms with van der Waals surface area (Å²) in [6, 6.07) is 17.3. The minimum atomic E-state index is -3.85. The molecule has 0 atom stereocenters. The number of nitrogens with zero attached hydrogens (tertiary/aromatic N) is 2. The summed E-state index contributed by atoms with van der Waals surface area (Å²) < 4.78 is 29.5. The van der Waals surface area contributed by atoms with E-state index in [-0.39, 0.29) is 10.7 Å². The fourth-order valence-corrected chi connectivity index (χ4v) is 3.52. The third kappa shape index (κ3) is 4.24. The van der Waals surface area contributed by atoms with Crippen molar-refractivity contribution in [2.24, 2.45) is 9.39 Å². The maximum Gasteiger partial charge on any atom is 0.284 e. The van der Waals surface area contributed by atoms with Gasteiger partial charge in [0.05, 0.1) is 10.6 Å². The average molecular weight is 364 g/mol. The highest BCUT2D eigenvalue weighted by molar-refractivity contribution is 7.90. The summed E-state index contributed by atoms with van der Waals surface area (Å²) in [5.41, 5.74) is 3.58. The van der Waals surface area contributed by atoms with Gasteiger partial charge in [-0.2, -0.15) is 8.42 Å². The molecule has 26 heavy (non-hydrogen) atoms. The van der Waals surface area contributed by atoms with Gasteiger partial charge in [-0.25, -0.2) is 4.99 Å². The van der Waals surface area contributed by atoms with Crippen molar-refractivity contribution in [3.05, 3.63) is 89.5 Å². The fraction of sp³-hybridized carbons (Fsp3) is 0.143. The first-order chi connectivity index (χ1) is 12.5. The van der Waals surface area contributed by atoms with Gasteiger partial charge in [0, 0.05) is 5.56 Å². The van der Waals surface area contributed by atoms with Crippen molar-refractivity contribution in [3.63, 3.8) is 0 Å². The van der Waals surface area contributed by atoms with Crippen molar-refractivity contribution in [2.75, 3.05) is 0 Å². The van der Waals surface area contributed by atoms with Gasteiger partial charge in [0.25, 0.3) is 10.0 Å². The highest BCUT2D eigenvalue weighted by Gasteiger charge is 2.16. The normalized spacial score (nSPS) is 17.0. The lowest BCUT2D eigenvalue weighted by molar-refractivity contribution is 0.598. The molecule has 0 radical (unpaired) electrons. The van der Waals surface area contributed by atoms with E-state index in [0.29, 0.717) is 5.56 Å². The molecule has 0 aromatic heterocycles. The van der Waals surface area contributed by atoms with Gasteiger partial charge in [0.2, 0.25) is 0 Å². The maximum atomic E-state index is 12.7. The second-order valence-electron chi connectivity index (χ2n) is 6.15. The molecule has 1 aliphatic rings. The lowest BCUT2D eigenvalue weighted by Gasteiger charge is -2.11. The molecule has 5 heteroatoms. The molecule has 3 rings (SSSR count). The molecule has 0 heterocycles. The molecule has 0 N–H and O–H groups in total. The summed E-state index contributed by atoms with van der Waals surface area (Å²) in [6.45, 7) is 3.99. The summed E-state index contributed by atoms with van der Waals surface area (Å²) in [5, 5.41) is 0. The summed E-state index contributed by atoms with van der Waals surface area (Å²) in [6.07, 6.45) is 4.94. The van der Waals surface area contributed by atoms with E-state index in [1.165, 1.54) is 17.7 Å². The smallest absolute Gasteiger partial charge is 0.228 e. The fourth-order valence-electron chi connectivity index (χ4n) is 2.54. The molecule has 0 unspecified atom stereocenters. The van der Waals surface area contributed by atoms with Gasteiger partial charge in [-0.3, -0.25) is 0 Å². The molecule has 2 aromatic rings. The molecule has 0 saturated carbocycles. The van der Waals surface area contributed by atoms with Gasteiger partial charge in [-0.15, -0.1) is 4.40 Å². The number of hydrogen-bond donors (Lipinski definition) is 0. The van der Waals surface area contributed by atoms with Crippen LogP contribution < -0.4 is 0 Å². The van der Waals surface area contributed by atoms with Crippen LogP contribution in [-0.2, 0) is 10.0 Å². The van der Waals surface area contributed by atoms with Crippen LogP contribution in [0.2, 0.25) is 0 Å². The number of sulfonamides is 1. The number of rotatable bonds is 3. The molecule has 4 nitrogen and oxygen atoms in total. The molecule has 132 valence electrons. The summed E-state index contributed by atoms with van der Waals surface area (Å²) in [5.74, 6) is 0.183. The minimum Gasteiger partial charge on any atom is -0.228 e. The number of hydrogen-bond acceptors (Lipinski definition) is 2. The van der Waals surface area contributed by atoms with Crippen LogP contribution in [0.1, 0.15) is 25.8 Å². The van der Waals surface area contributed by atoms with Crippen molar-refractivity contribution in [1.82, 2.24) is 0 Å². The summed E-state index contributed by atoms with van der Waals surface area (Å²) in [4.78, 5) is 4.74. The van der Waals surface area contributed by atoms with Crippen LogP contribution in [0.25, 0.3) is 0 Å². The lowest BCUT2D eigenvalue weighted by Crippen LogP contribution is -2.10. The lowest BCUT2D eigenvalue weighted by atomic mass is 10.00. The zero-order valence-corrected chi connectivity index (χ0v) is 15.6. The Morgan fingerprint density at radius 1 is 0.923 bits per heavy atom. The highest BCUT2D eigenvalue weighted by Crippen LogP contribution is 2.18. The predicted octanol–water partition coefficient (Wildman–Crippen LogP) is 4.56. The predicted molar refractivity (Wildman–Crippen MR) is 106 cm³/mol. The maximum absolute atomic E-state index is 12.7. The standard InChI is InChI=1S/C21H20N2O2S/c1-16-13-14-17(2)20(15-16)22-21(18-9-5-3-6-10-18)23-26(24,25)19-11-7-4-8-12-19/h3-12,14-15H,13H2,1-2H3. The van der Waals surface area contributed by atoms with Gasteiger partial charge in [-0.1, -0.05) is 60.2 Å². The Balaban J connectivity index is 2.14. The first-order valence-electron chi connectivity index (χ1n) is 8.34. The Hall–Kier alpha value is -2.79. The van der Waals surface area contributed by atoms with E-state index >= 15 is 0 Å². The molecular weight excluding hydrogens is 344 g/mol. The van der Waals surface area contributed by atoms with Crippen molar-refractivity contribution < 1.29 is 8.42 Å². The van der Waals surface area contributed by atoms with Gasteiger partial charge in [0.15, 0.2) is 5.84 Å². The van der Waals surface area contributed by atoms with Crippen LogP contribution >= 0.6 is 0 Å². The Labute approximate surface area is 154 Å². The second kappa shape index (κ2) is 7.62. The number of aliphatic imine (C=N–C) groups is 1. The minimum absolute atomic E-state index is 0.149. The molecule has 1 aliphatic carbocycles. The molecule has 0 bridgehead atoms. The van der Waals surface area contributed by atoms with E-state index in [9.17, 15) is 8.42 Å². The number of amidine groups is 1. The Morgan fingerprint density at radius 2 is 1.54 bits per heavy atom. The van der Waals surface area contributed by atoms with Crippen LogP contribution in [0.3, 0.4) is 0 Å². The van der Waals surface area contributed by atoms with E-state index in [1.54, 1.807) is 18.2 Å². The molecule has 0 aliphatic heterocycles. The zero-order chi connectivity index (χ0) is 18.6. The third-order valence-electron chi connectivity index (χ3n) is 4.02. The quantitative estimate of drug-likeness (QED) is 0.592. The van der Waals surface area contributed by atoms with Gasteiger partial charge in [-0.05, 0) is 44.1 Å². The van der Waals surface area contributed by atoms with Crippen molar-refractivity contribution >= 4 is 21.6 Å². The van der Waals surface area contributed by atoms with Crippen LogP contribution in [0.4, 0.5) is 0 Å². The highest BCUT2D eigenvalue weighted by atomic mass is 32.2. The monoisotopic (exact) mass is 364 g/mol. The first kappa shape index (κ1) is 18.0. The Bertz CT molecular complexity index is 1020. The SMILES string of the molecule is CC1=CC(=NC(=NS(=O)(=O)c2ccccc2)c2ccccc2)C(C)=CC1. The second-order valence-corrected chi connectivity index (χ2v) is 7.75. The topological polar surface area (TPSA) is 58.9 Å². The van der Waals surface area contributed by atoms with E-state index < -0.39 is 10.0 Å². The van der Waals surface area contributed by atoms with Crippen molar-refractivity contribution in [3.8, 4) is 0 Å². The number of benzene rings is 2.